The van der Waals surface area contributed by atoms with Crippen molar-refractivity contribution in [1.82, 2.24) is 0 Å². The number of carboxylic acid groups (broad SMARTS) is 1. The minimum Gasteiger partial charge on any atom is -0.481 e. The van der Waals surface area contributed by atoms with Crippen molar-refractivity contribution in [2.24, 2.45) is 0 Å². The van der Waals surface area contributed by atoms with Gasteiger partial charge in [0.05, 0.1) is 5.41 Å². The first-order valence-electron chi connectivity index (χ1n) is 5.99. The van der Waals surface area contributed by atoms with Crippen molar-refractivity contribution < 1.29 is 9.90 Å². The van der Waals surface area contributed by atoms with E-state index in [1.807, 2.05) is 12.3 Å². The number of benzene rings is 1. The molecule has 0 saturated heterocycles. The van der Waals surface area contributed by atoms with Crippen LogP contribution in [0, 0.1) is 6.92 Å². The number of hydrogen-bond acceptors (Lipinski definition) is 2. The van der Waals surface area contributed by atoms with Crippen LogP contribution >= 0.6 is 11.8 Å². The van der Waals surface area contributed by atoms with Crippen LogP contribution in [-0.4, -0.2) is 17.3 Å². The molecule has 0 bridgehead atoms. The zero-order chi connectivity index (χ0) is 12.5. The van der Waals surface area contributed by atoms with Crippen LogP contribution in [0.25, 0.3) is 0 Å². The van der Waals surface area contributed by atoms with E-state index in [1.54, 1.807) is 11.8 Å². The molecule has 1 fully saturated rings. The van der Waals surface area contributed by atoms with Crippen LogP contribution in [0.5, 0.6) is 0 Å². The molecule has 0 aromatic heterocycles. The first-order chi connectivity index (χ1) is 8.10. The second-order valence-electron chi connectivity index (χ2n) is 4.78. The maximum Gasteiger partial charge on any atom is 0.314 e. The lowest BCUT2D eigenvalue weighted by Gasteiger charge is -2.25. The van der Waals surface area contributed by atoms with Crippen LogP contribution in [0.1, 0.15) is 36.8 Å². The molecule has 0 heterocycles. The highest BCUT2D eigenvalue weighted by molar-refractivity contribution is 7.98. The first kappa shape index (κ1) is 12.5. The minimum absolute atomic E-state index is 0.623. The van der Waals surface area contributed by atoms with E-state index in [0.29, 0.717) is 0 Å². The van der Waals surface area contributed by atoms with Crippen molar-refractivity contribution in [3.63, 3.8) is 0 Å². The standard InChI is InChI=1S/C14H18O2S/c1-10-9-11(5-6-12(10)17-2)14(13(15)16)7-3-4-8-14/h5-6,9H,3-4,7-8H2,1-2H3,(H,15,16). The minimum atomic E-state index is -0.661. The molecule has 1 aliphatic carbocycles. The van der Waals surface area contributed by atoms with Crippen LogP contribution in [0.3, 0.4) is 0 Å². The summed E-state index contributed by atoms with van der Waals surface area (Å²) >= 11 is 1.71. The van der Waals surface area contributed by atoms with Crippen molar-refractivity contribution in [2.75, 3.05) is 6.26 Å². The molecule has 0 radical (unpaired) electrons. The van der Waals surface area contributed by atoms with Gasteiger partial charge in [0.2, 0.25) is 0 Å². The predicted octanol–water partition coefficient (Wildman–Crippen LogP) is 3.61. The second-order valence-corrected chi connectivity index (χ2v) is 5.63. The van der Waals surface area contributed by atoms with E-state index < -0.39 is 11.4 Å². The van der Waals surface area contributed by atoms with Gasteiger partial charge in [-0.05, 0) is 43.2 Å². The van der Waals surface area contributed by atoms with E-state index in [4.69, 9.17) is 0 Å². The molecular weight excluding hydrogens is 232 g/mol. The molecule has 17 heavy (non-hydrogen) atoms. The largest absolute Gasteiger partial charge is 0.481 e. The van der Waals surface area contributed by atoms with Gasteiger partial charge in [-0.1, -0.05) is 25.0 Å². The first-order valence-corrected chi connectivity index (χ1v) is 7.21. The molecule has 1 aliphatic rings. The second kappa shape index (κ2) is 4.73. The Balaban J connectivity index is 2.44. The zero-order valence-electron chi connectivity index (χ0n) is 10.3. The summed E-state index contributed by atoms with van der Waals surface area (Å²) in [7, 11) is 0. The summed E-state index contributed by atoms with van der Waals surface area (Å²) in [6.45, 7) is 2.06. The van der Waals surface area contributed by atoms with E-state index in [9.17, 15) is 9.90 Å². The Labute approximate surface area is 106 Å². The van der Waals surface area contributed by atoms with Crippen molar-refractivity contribution in [1.29, 1.82) is 0 Å². The third kappa shape index (κ3) is 2.08. The van der Waals surface area contributed by atoms with Gasteiger partial charge in [0.25, 0.3) is 0 Å². The molecule has 2 nitrogen and oxygen atoms in total. The highest BCUT2D eigenvalue weighted by atomic mass is 32.2. The van der Waals surface area contributed by atoms with E-state index in [-0.39, 0.29) is 0 Å². The molecule has 1 aromatic carbocycles. The SMILES string of the molecule is CSc1ccc(C2(C(=O)O)CCCC2)cc1C. The summed E-state index contributed by atoms with van der Waals surface area (Å²) in [5.74, 6) is -0.661. The Kier molecular flexibility index (Phi) is 3.48. The molecule has 1 N–H and O–H groups in total. The number of carbonyl (C=O) groups is 1. The summed E-state index contributed by atoms with van der Waals surface area (Å²) in [6, 6.07) is 6.11. The highest BCUT2D eigenvalue weighted by Crippen LogP contribution is 2.42. The van der Waals surface area contributed by atoms with Crippen LogP contribution in [0.4, 0.5) is 0 Å². The lowest BCUT2D eigenvalue weighted by molar-refractivity contribution is -0.143. The molecule has 0 atom stereocenters. The molecule has 0 amide bonds. The van der Waals surface area contributed by atoms with E-state index in [0.717, 1.165) is 31.2 Å². The van der Waals surface area contributed by atoms with E-state index in [1.165, 1.54) is 10.5 Å². The number of aliphatic carboxylic acids is 1. The van der Waals surface area contributed by atoms with Gasteiger partial charge in [0, 0.05) is 4.90 Å². The third-order valence-electron chi connectivity index (χ3n) is 3.81. The lowest BCUT2D eigenvalue weighted by atomic mass is 9.78. The van der Waals surface area contributed by atoms with Crippen LogP contribution < -0.4 is 0 Å². The normalized spacial score (nSPS) is 18.2. The monoisotopic (exact) mass is 250 g/mol. The number of aryl methyl sites for hydroxylation is 1. The van der Waals surface area contributed by atoms with E-state index >= 15 is 0 Å². The van der Waals surface area contributed by atoms with Crippen molar-refractivity contribution in [3.8, 4) is 0 Å². The Hall–Kier alpha value is -0.960. The number of carboxylic acids is 1. The number of hydrogen-bond donors (Lipinski definition) is 1. The quantitative estimate of drug-likeness (QED) is 0.833. The van der Waals surface area contributed by atoms with Gasteiger partial charge >= 0.3 is 5.97 Å². The molecular formula is C14H18O2S. The summed E-state index contributed by atoms with van der Waals surface area (Å²) in [5.41, 5.74) is 1.54. The van der Waals surface area contributed by atoms with Gasteiger partial charge in [-0.25, -0.2) is 0 Å². The van der Waals surface area contributed by atoms with Gasteiger partial charge in [-0.15, -0.1) is 11.8 Å². The van der Waals surface area contributed by atoms with Crippen LogP contribution in [0.15, 0.2) is 23.1 Å². The van der Waals surface area contributed by atoms with Gasteiger partial charge in [-0.3, -0.25) is 4.79 Å². The Morgan fingerprint density at radius 3 is 2.47 bits per heavy atom. The van der Waals surface area contributed by atoms with Gasteiger partial charge in [0.15, 0.2) is 0 Å². The average Bonchev–Trinajstić information content (AvgIpc) is 2.79. The van der Waals surface area contributed by atoms with Crippen molar-refractivity contribution >= 4 is 17.7 Å². The van der Waals surface area contributed by atoms with Gasteiger partial charge in [0.1, 0.15) is 0 Å². The third-order valence-corrected chi connectivity index (χ3v) is 4.71. The average molecular weight is 250 g/mol. The predicted molar refractivity (Wildman–Crippen MR) is 70.7 cm³/mol. The molecule has 3 heteroatoms. The van der Waals surface area contributed by atoms with Crippen molar-refractivity contribution in [2.45, 2.75) is 42.9 Å². The number of rotatable bonds is 3. The number of thioether (sulfide) groups is 1. The molecule has 1 saturated carbocycles. The summed E-state index contributed by atoms with van der Waals surface area (Å²) in [4.78, 5) is 12.8. The highest BCUT2D eigenvalue weighted by Gasteiger charge is 2.42. The zero-order valence-corrected chi connectivity index (χ0v) is 11.1. The van der Waals surface area contributed by atoms with E-state index in [2.05, 4.69) is 19.1 Å². The Bertz CT molecular complexity index is 434. The molecule has 0 aliphatic heterocycles. The van der Waals surface area contributed by atoms with Crippen molar-refractivity contribution in [3.05, 3.63) is 29.3 Å². The van der Waals surface area contributed by atoms with Gasteiger partial charge < -0.3 is 5.11 Å². The molecule has 0 spiro atoms. The fourth-order valence-electron chi connectivity index (χ4n) is 2.78. The summed E-state index contributed by atoms with van der Waals surface area (Å²) < 4.78 is 0. The molecule has 0 unspecified atom stereocenters. The Morgan fingerprint density at radius 2 is 2.00 bits per heavy atom. The van der Waals surface area contributed by atoms with Gasteiger partial charge in [-0.2, -0.15) is 0 Å². The molecule has 2 rings (SSSR count). The maximum atomic E-state index is 11.6. The maximum absolute atomic E-state index is 11.6. The van der Waals surface area contributed by atoms with Crippen LogP contribution in [-0.2, 0) is 10.2 Å². The molecule has 1 aromatic rings. The fourth-order valence-corrected chi connectivity index (χ4v) is 3.37. The fraction of sp³-hybridized carbons (Fsp3) is 0.500. The summed E-state index contributed by atoms with van der Waals surface area (Å²) in [5, 5.41) is 9.53. The molecule has 92 valence electrons. The topological polar surface area (TPSA) is 37.3 Å². The van der Waals surface area contributed by atoms with Crippen LogP contribution in [0.2, 0.25) is 0 Å². The Morgan fingerprint density at radius 1 is 1.35 bits per heavy atom. The lowest BCUT2D eigenvalue weighted by Crippen LogP contribution is -2.32. The summed E-state index contributed by atoms with van der Waals surface area (Å²) in [6.07, 6.45) is 5.65. The smallest absolute Gasteiger partial charge is 0.314 e.